The molecule has 1 aromatic heterocycles. The number of hydrogen-bond acceptors (Lipinski definition) is 3. The first kappa shape index (κ1) is 29.8. The third-order valence-corrected chi connectivity index (χ3v) is 23.6. The number of fused-ring (bicyclic) bond motifs is 1. The molecule has 2 heterocycles. The van der Waals surface area contributed by atoms with Crippen LogP contribution in [-0.4, -0.2) is 47.9 Å². The fraction of sp³-hybridized carbons (Fsp3) is 0.700. The molecule has 202 valence electrons. The van der Waals surface area contributed by atoms with Gasteiger partial charge in [0.1, 0.15) is 0 Å². The van der Waals surface area contributed by atoms with E-state index in [1.165, 1.54) is 66.4 Å². The Morgan fingerprint density at radius 2 is 1.58 bits per heavy atom. The van der Waals surface area contributed by atoms with E-state index >= 15 is 0 Å². The molecule has 1 aromatic carbocycles. The molecule has 0 radical (unpaired) electrons. The summed E-state index contributed by atoms with van der Waals surface area (Å²) < 4.78 is 19.0. The summed E-state index contributed by atoms with van der Waals surface area (Å²) in [7, 11) is 0. The average molecular weight is 625 g/mol. The van der Waals surface area contributed by atoms with Crippen molar-refractivity contribution in [3.05, 3.63) is 28.9 Å². The van der Waals surface area contributed by atoms with Gasteiger partial charge in [-0.2, -0.15) is 0 Å². The van der Waals surface area contributed by atoms with Crippen LogP contribution in [0.4, 0.5) is 4.79 Å². The van der Waals surface area contributed by atoms with Crippen LogP contribution in [0.2, 0.25) is 18.3 Å². The summed E-state index contributed by atoms with van der Waals surface area (Å²) in [6.07, 6.45) is 11.3. The molecule has 1 saturated heterocycles. The third kappa shape index (κ3) is 7.22. The number of halogens is 1. The van der Waals surface area contributed by atoms with Crippen LogP contribution in [0.25, 0.3) is 10.9 Å². The minimum absolute atomic E-state index is 0.268. The number of carbonyl (C=O) groups is 1. The van der Waals surface area contributed by atoms with Crippen molar-refractivity contribution in [3.63, 3.8) is 0 Å². The van der Waals surface area contributed by atoms with Crippen molar-refractivity contribution in [3.8, 4) is 0 Å². The number of hydrogen-bond donors (Lipinski definition) is 0. The Balaban J connectivity index is 2.31. The Hall–Kier alpha value is -0.721. The zero-order chi connectivity index (χ0) is 26.3. The van der Waals surface area contributed by atoms with Crippen molar-refractivity contribution in [1.82, 2.24) is 4.57 Å². The average Bonchev–Trinajstić information content (AvgIpc) is 3.23. The standard InChI is InChI=1S/C18H21ClNO3.3C4H9.Sn/c1-18(2,3)23-17(21)20-7-4-13-10-14(19)11-15(16(13)20)12-5-8-22-9-6-12;3*1-3-4-2;/h7,10-12H,5-6,8-9H2,1-3H3;3*1,3-4H2,2H3;. The molecule has 0 aliphatic carbocycles. The number of benzene rings is 1. The zero-order valence-electron chi connectivity index (χ0n) is 23.6. The molecule has 2 aromatic rings. The van der Waals surface area contributed by atoms with Crippen molar-refractivity contribution in [1.29, 1.82) is 0 Å². The Kier molecular flexibility index (Phi) is 11.1. The van der Waals surface area contributed by atoms with Gasteiger partial charge < -0.3 is 0 Å². The summed E-state index contributed by atoms with van der Waals surface area (Å²) in [6.45, 7) is 14.3. The van der Waals surface area contributed by atoms with Gasteiger partial charge in [-0.05, 0) is 0 Å². The maximum absolute atomic E-state index is 13.7. The molecule has 0 spiro atoms. The first-order valence-electron chi connectivity index (χ1n) is 14.3. The number of aromatic nitrogens is 1. The van der Waals surface area contributed by atoms with Crippen molar-refractivity contribution >= 4 is 50.6 Å². The molecule has 3 rings (SSSR count). The van der Waals surface area contributed by atoms with Crippen molar-refractivity contribution in [2.24, 2.45) is 0 Å². The second kappa shape index (κ2) is 13.4. The quantitative estimate of drug-likeness (QED) is 0.234. The van der Waals surface area contributed by atoms with Gasteiger partial charge in [0, 0.05) is 0 Å². The van der Waals surface area contributed by atoms with Crippen LogP contribution in [0.1, 0.15) is 104 Å². The van der Waals surface area contributed by atoms with Gasteiger partial charge in [-0.1, -0.05) is 0 Å². The van der Waals surface area contributed by atoms with E-state index < -0.39 is 24.0 Å². The minimum atomic E-state index is -2.87. The second-order valence-electron chi connectivity index (χ2n) is 11.8. The summed E-state index contributed by atoms with van der Waals surface area (Å²) in [5.41, 5.74) is 1.69. The molecule has 0 unspecified atom stereocenters. The van der Waals surface area contributed by atoms with E-state index in [9.17, 15) is 4.79 Å². The molecule has 36 heavy (non-hydrogen) atoms. The second-order valence-corrected chi connectivity index (χ2v) is 25.3. The van der Waals surface area contributed by atoms with Crippen LogP contribution in [0.5, 0.6) is 0 Å². The maximum atomic E-state index is 13.7. The Bertz CT molecular complexity index is 982. The van der Waals surface area contributed by atoms with E-state index in [-0.39, 0.29) is 6.09 Å². The summed E-state index contributed by atoms with van der Waals surface area (Å²) in [6, 6.07) is 4.26. The fourth-order valence-corrected chi connectivity index (χ4v) is 22.7. The van der Waals surface area contributed by atoms with Gasteiger partial charge in [0.15, 0.2) is 0 Å². The van der Waals surface area contributed by atoms with Crippen molar-refractivity contribution in [2.45, 2.75) is 118 Å². The topological polar surface area (TPSA) is 40.5 Å². The van der Waals surface area contributed by atoms with Crippen LogP contribution in [0.15, 0.2) is 18.3 Å². The summed E-state index contributed by atoms with van der Waals surface area (Å²) in [4.78, 5) is 13.7. The van der Waals surface area contributed by atoms with Crippen LogP contribution in [0.3, 0.4) is 0 Å². The fourth-order valence-electron chi connectivity index (χ4n) is 5.88. The normalized spacial score (nSPS) is 15.5. The molecule has 1 fully saturated rings. The van der Waals surface area contributed by atoms with E-state index in [1.807, 2.05) is 25.3 Å². The molecule has 1 aliphatic rings. The number of carbonyl (C=O) groups excluding carboxylic acids is 1. The molecular weight excluding hydrogens is 576 g/mol. The van der Waals surface area contributed by atoms with Crippen LogP contribution in [0, 0.1) is 0 Å². The first-order chi connectivity index (χ1) is 17.2. The Morgan fingerprint density at radius 3 is 2.08 bits per heavy atom. The van der Waals surface area contributed by atoms with Gasteiger partial charge in [0.2, 0.25) is 0 Å². The molecule has 0 bridgehead atoms. The van der Waals surface area contributed by atoms with Crippen molar-refractivity contribution in [2.75, 3.05) is 13.2 Å². The molecular formula is C30H48ClNO3Sn. The Labute approximate surface area is 228 Å². The monoisotopic (exact) mass is 625 g/mol. The van der Waals surface area contributed by atoms with E-state index in [4.69, 9.17) is 21.1 Å². The third-order valence-electron chi connectivity index (χ3n) is 7.74. The van der Waals surface area contributed by atoms with E-state index in [2.05, 4.69) is 39.1 Å². The predicted molar refractivity (Wildman–Crippen MR) is 156 cm³/mol. The zero-order valence-corrected chi connectivity index (χ0v) is 27.2. The van der Waals surface area contributed by atoms with Gasteiger partial charge in [-0.25, -0.2) is 0 Å². The van der Waals surface area contributed by atoms with Gasteiger partial charge in [0.25, 0.3) is 0 Å². The number of ether oxygens (including phenoxy) is 2. The van der Waals surface area contributed by atoms with E-state index in [1.54, 1.807) is 0 Å². The van der Waals surface area contributed by atoms with Crippen molar-refractivity contribution < 1.29 is 14.3 Å². The van der Waals surface area contributed by atoms with E-state index in [0.29, 0.717) is 5.92 Å². The van der Waals surface area contributed by atoms with Gasteiger partial charge in [0.05, 0.1) is 0 Å². The number of nitrogens with zero attached hydrogens (tertiary/aromatic N) is 1. The summed E-state index contributed by atoms with van der Waals surface area (Å²) in [5, 5.41) is 2.02. The first-order valence-corrected chi connectivity index (χ1v) is 22.2. The predicted octanol–water partition coefficient (Wildman–Crippen LogP) is 9.03. The molecule has 1 aliphatic heterocycles. The number of rotatable bonds is 11. The SMILES string of the molecule is CCC[CH2][Sn]([CH2]CCC)([CH2]CCC)[c]1cn(C(=O)OC(C)(C)C)c2c(C3CCOCC3)cc(Cl)cc12. The molecule has 0 N–H and O–H groups in total. The van der Waals surface area contributed by atoms with Gasteiger partial charge in [-0.3, -0.25) is 0 Å². The summed E-state index contributed by atoms with van der Waals surface area (Å²) in [5.74, 6) is 0.343. The van der Waals surface area contributed by atoms with Crippen LogP contribution < -0.4 is 3.58 Å². The molecule has 4 nitrogen and oxygen atoms in total. The molecule has 0 saturated carbocycles. The van der Waals surface area contributed by atoms with Gasteiger partial charge in [-0.15, -0.1) is 0 Å². The van der Waals surface area contributed by atoms with Crippen LogP contribution >= 0.6 is 11.6 Å². The Morgan fingerprint density at radius 1 is 1.03 bits per heavy atom. The molecule has 0 atom stereocenters. The molecule has 6 heteroatoms. The van der Waals surface area contributed by atoms with E-state index in [0.717, 1.165) is 36.6 Å². The summed E-state index contributed by atoms with van der Waals surface area (Å²) >= 11 is 3.97. The van der Waals surface area contributed by atoms with Crippen LogP contribution in [-0.2, 0) is 9.47 Å². The molecule has 0 amide bonds. The van der Waals surface area contributed by atoms with Gasteiger partial charge >= 0.3 is 229 Å². The number of unbranched alkanes of at least 4 members (excludes halogenated alkanes) is 3.